The molecule has 0 radical (unpaired) electrons. The van der Waals surface area contributed by atoms with Crippen molar-refractivity contribution in [1.82, 2.24) is 4.90 Å². The molecule has 0 heterocycles. The quantitative estimate of drug-likeness (QED) is 0.640. The average molecular weight is 290 g/mol. The van der Waals surface area contributed by atoms with Gasteiger partial charge in [-0.2, -0.15) is 5.26 Å². The number of rotatable bonds is 6. The van der Waals surface area contributed by atoms with Crippen molar-refractivity contribution in [3.8, 4) is 6.07 Å². The number of nitro benzene ring substituents is 1. The molecule has 112 valence electrons. The van der Waals surface area contributed by atoms with E-state index in [1.807, 2.05) is 13.0 Å². The first-order chi connectivity index (χ1) is 9.92. The minimum atomic E-state index is -0.578. The molecule has 0 aliphatic heterocycles. The fourth-order valence-electron chi connectivity index (χ4n) is 1.84. The SMILES string of the molecule is CCNc1ccc([N+](=O)[O-])c(C(=O)N(C)C(C)CC#N)c1. The first kappa shape index (κ1) is 16.4. The summed E-state index contributed by atoms with van der Waals surface area (Å²) in [6, 6.07) is 6.02. The van der Waals surface area contributed by atoms with E-state index >= 15 is 0 Å². The van der Waals surface area contributed by atoms with Crippen LogP contribution in [0.15, 0.2) is 18.2 Å². The minimum Gasteiger partial charge on any atom is -0.385 e. The second-order valence-corrected chi connectivity index (χ2v) is 4.65. The fourth-order valence-corrected chi connectivity index (χ4v) is 1.84. The van der Waals surface area contributed by atoms with Gasteiger partial charge in [0.05, 0.1) is 17.4 Å². The Hall–Kier alpha value is -2.62. The molecule has 1 rings (SSSR count). The number of nitriles is 1. The van der Waals surface area contributed by atoms with E-state index in [2.05, 4.69) is 5.32 Å². The topological polar surface area (TPSA) is 99.3 Å². The number of hydrogen-bond acceptors (Lipinski definition) is 5. The highest BCUT2D eigenvalue weighted by Crippen LogP contribution is 2.24. The third-order valence-corrected chi connectivity index (χ3v) is 3.17. The Balaban J connectivity index is 3.19. The molecule has 0 aliphatic rings. The number of nitro groups is 1. The molecule has 1 aromatic rings. The monoisotopic (exact) mass is 290 g/mol. The minimum absolute atomic E-state index is 0.0192. The van der Waals surface area contributed by atoms with Gasteiger partial charge in [-0.1, -0.05) is 0 Å². The highest BCUT2D eigenvalue weighted by atomic mass is 16.6. The van der Waals surface area contributed by atoms with E-state index in [4.69, 9.17) is 5.26 Å². The summed E-state index contributed by atoms with van der Waals surface area (Å²) >= 11 is 0. The highest BCUT2D eigenvalue weighted by molar-refractivity contribution is 5.99. The van der Waals surface area contributed by atoms with E-state index < -0.39 is 10.8 Å². The van der Waals surface area contributed by atoms with Crippen molar-refractivity contribution in [1.29, 1.82) is 5.26 Å². The van der Waals surface area contributed by atoms with Gasteiger partial charge in [-0.3, -0.25) is 14.9 Å². The Morgan fingerprint density at radius 3 is 2.76 bits per heavy atom. The van der Waals surface area contributed by atoms with E-state index in [-0.39, 0.29) is 23.7 Å². The first-order valence-electron chi connectivity index (χ1n) is 6.58. The summed E-state index contributed by atoms with van der Waals surface area (Å²) in [5, 5.41) is 22.8. The van der Waals surface area contributed by atoms with Gasteiger partial charge in [-0.25, -0.2) is 0 Å². The fraction of sp³-hybridized carbons (Fsp3) is 0.429. The van der Waals surface area contributed by atoms with E-state index in [1.54, 1.807) is 13.0 Å². The molecule has 7 nitrogen and oxygen atoms in total. The normalized spacial score (nSPS) is 11.3. The van der Waals surface area contributed by atoms with Crippen LogP contribution in [-0.2, 0) is 0 Å². The van der Waals surface area contributed by atoms with Crippen molar-refractivity contribution in [2.24, 2.45) is 0 Å². The van der Waals surface area contributed by atoms with Gasteiger partial charge in [-0.15, -0.1) is 0 Å². The van der Waals surface area contributed by atoms with Crippen molar-refractivity contribution in [3.63, 3.8) is 0 Å². The zero-order chi connectivity index (χ0) is 16.0. The molecule has 0 spiro atoms. The predicted octanol–water partition coefficient (Wildman–Crippen LogP) is 2.40. The van der Waals surface area contributed by atoms with Crippen molar-refractivity contribution < 1.29 is 9.72 Å². The third kappa shape index (κ3) is 3.92. The van der Waals surface area contributed by atoms with E-state index in [0.29, 0.717) is 12.2 Å². The zero-order valence-corrected chi connectivity index (χ0v) is 12.3. The molecule has 7 heteroatoms. The van der Waals surface area contributed by atoms with Crippen LogP contribution >= 0.6 is 0 Å². The number of amides is 1. The molecule has 0 aromatic heterocycles. The van der Waals surface area contributed by atoms with Crippen LogP contribution in [0.25, 0.3) is 0 Å². The molecular weight excluding hydrogens is 272 g/mol. The van der Waals surface area contributed by atoms with Crippen LogP contribution in [0.3, 0.4) is 0 Å². The smallest absolute Gasteiger partial charge is 0.282 e. The molecule has 1 aromatic carbocycles. The number of benzene rings is 1. The largest absolute Gasteiger partial charge is 0.385 e. The van der Waals surface area contributed by atoms with Crippen LogP contribution < -0.4 is 5.32 Å². The van der Waals surface area contributed by atoms with Crippen molar-refractivity contribution in [2.45, 2.75) is 26.3 Å². The summed E-state index contributed by atoms with van der Waals surface area (Å²) in [6.07, 6.45) is 0.170. The lowest BCUT2D eigenvalue weighted by molar-refractivity contribution is -0.385. The molecule has 1 unspecified atom stereocenters. The molecule has 21 heavy (non-hydrogen) atoms. The molecule has 0 saturated carbocycles. The van der Waals surface area contributed by atoms with Crippen molar-refractivity contribution in [2.75, 3.05) is 18.9 Å². The second-order valence-electron chi connectivity index (χ2n) is 4.65. The molecular formula is C14H18N4O3. The van der Waals surface area contributed by atoms with Gasteiger partial charge in [0.15, 0.2) is 0 Å². The van der Waals surface area contributed by atoms with Gasteiger partial charge < -0.3 is 10.2 Å². The lowest BCUT2D eigenvalue weighted by Gasteiger charge is -2.23. The van der Waals surface area contributed by atoms with Crippen LogP contribution in [-0.4, -0.2) is 35.4 Å². The summed E-state index contributed by atoms with van der Waals surface area (Å²) in [7, 11) is 1.54. The highest BCUT2D eigenvalue weighted by Gasteiger charge is 2.25. The summed E-state index contributed by atoms with van der Waals surface area (Å²) < 4.78 is 0. The molecule has 0 fully saturated rings. The van der Waals surface area contributed by atoms with Gasteiger partial charge in [0.25, 0.3) is 11.6 Å². The Kier molecular flexibility index (Phi) is 5.67. The summed E-state index contributed by atoms with van der Waals surface area (Å²) in [5.41, 5.74) is 0.427. The van der Waals surface area contributed by atoms with Gasteiger partial charge >= 0.3 is 0 Å². The number of hydrogen-bond donors (Lipinski definition) is 1. The van der Waals surface area contributed by atoms with Crippen LogP contribution in [0.2, 0.25) is 0 Å². The number of carbonyl (C=O) groups excluding carboxylic acids is 1. The number of anilines is 1. The maximum absolute atomic E-state index is 12.4. The van der Waals surface area contributed by atoms with Crippen LogP contribution in [0, 0.1) is 21.4 Å². The van der Waals surface area contributed by atoms with Gasteiger partial charge in [-0.05, 0) is 26.0 Å². The average Bonchev–Trinajstić information content (AvgIpc) is 2.46. The molecule has 1 amide bonds. The maximum Gasteiger partial charge on any atom is 0.282 e. The molecule has 0 bridgehead atoms. The first-order valence-corrected chi connectivity index (χ1v) is 6.58. The Morgan fingerprint density at radius 1 is 1.57 bits per heavy atom. The molecule has 0 saturated heterocycles. The summed E-state index contributed by atoms with van der Waals surface area (Å²) in [6.45, 7) is 4.26. The zero-order valence-electron chi connectivity index (χ0n) is 12.3. The van der Waals surface area contributed by atoms with Crippen molar-refractivity contribution in [3.05, 3.63) is 33.9 Å². The standard InChI is InChI=1S/C14H18N4O3/c1-4-16-11-5-6-13(18(20)21)12(9-11)14(19)17(3)10(2)7-8-15/h5-6,9-10,16H,4,7H2,1-3H3. The van der Waals surface area contributed by atoms with E-state index in [0.717, 1.165) is 0 Å². The molecule has 1 N–H and O–H groups in total. The van der Waals surface area contributed by atoms with E-state index in [1.165, 1.54) is 24.1 Å². The Morgan fingerprint density at radius 2 is 2.24 bits per heavy atom. The Bertz CT molecular complexity index is 580. The predicted molar refractivity (Wildman–Crippen MR) is 79.0 cm³/mol. The van der Waals surface area contributed by atoms with Crippen LogP contribution in [0.5, 0.6) is 0 Å². The third-order valence-electron chi connectivity index (χ3n) is 3.17. The number of carbonyl (C=O) groups is 1. The van der Waals surface area contributed by atoms with Crippen molar-refractivity contribution >= 4 is 17.3 Å². The summed E-state index contributed by atoms with van der Waals surface area (Å²) in [4.78, 5) is 24.3. The van der Waals surface area contributed by atoms with Crippen LogP contribution in [0.4, 0.5) is 11.4 Å². The van der Waals surface area contributed by atoms with Crippen LogP contribution in [0.1, 0.15) is 30.6 Å². The lowest BCUT2D eigenvalue weighted by Crippen LogP contribution is -2.35. The number of nitrogens with zero attached hydrogens (tertiary/aromatic N) is 3. The van der Waals surface area contributed by atoms with Gasteiger partial charge in [0.1, 0.15) is 5.56 Å². The maximum atomic E-state index is 12.4. The van der Waals surface area contributed by atoms with E-state index in [9.17, 15) is 14.9 Å². The number of nitrogens with one attached hydrogen (secondary N) is 1. The summed E-state index contributed by atoms with van der Waals surface area (Å²) in [5.74, 6) is -0.468. The Labute approximate surface area is 123 Å². The molecule has 0 aliphatic carbocycles. The van der Waals surface area contributed by atoms with Gasteiger partial charge in [0, 0.05) is 31.4 Å². The van der Waals surface area contributed by atoms with Gasteiger partial charge in [0.2, 0.25) is 0 Å². The lowest BCUT2D eigenvalue weighted by atomic mass is 10.1. The molecule has 1 atom stereocenters. The second kappa shape index (κ2) is 7.24.